The van der Waals surface area contributed by atoms with E-state index in [4.69, 9.17) is 0 Å². The van der Waals surface area contributed by atoms with Gasteiger partial charge in [-0.05, 0) is 122 Å². The van der Waals surface area contributed by atoms with E-state index in [9.17, 15) is 0 Å². The summed E-state index contributed by atoms with van der Waals surface area (Å²) in [5, 5.41) is 35.3. The van der Waals surface area contributed by atoms with Crippen LogP contribution in [-0.4, -0.2) is 49.3 Å². The van der Waals surface area contributed by atoms with Gasteiger partial charge < -0.3 is 0 Å². The minimum Gasteiger partial charge on any atom is -0.286 e. The van der Waals surface area contributed by atoms with E-state index in [1.165, 1.54) is 154 Å². The van der Waals surface area contributed by atoms with Crippen molar-refractivity contribution < 1.29 is 0 Å². The van der Waals surface area contributed by atoms with Crippen LogP contribution in [-0.2, 0) is 0 Å². The molecule has 0 aromatic rings. The fourth-order valence-electron chi connectivity index (χ4n) is 15.4. The molecule has 8 heteroatoms. The van der Waals surface area contributed by atoms with Crippen molar-refractivity contribution in [2.24, 2.45) is 71.0 Å². The third-order valence-corrected chi connectivity index (χ3v) is 18.4. The summed E-state index contributed by atoms with van der Waals surface area (Å²) in [6.07, 6.45) is 36.6. The van der Waals surface area contributed by atoms with Crippen LogP contribution in [0, 0.1) is 71.0 Å². The topological polar surface area (TPSA) is 96.2 Å². The number of hydrogen-bond donors (Lipinski definition) is 8. The fraction of sp³-hybridized carbons (Fsp3) is 1.00. The largest absolute Gasteiger partial charge is 0.286 e. The maximum Gasteiger partial charge on any atom is 0.0628 e. The Kier molecular flexibility index (Phi) is 13.7. The molecule has 4 aliphatic carbocycles. The molecule has 5 saturated heterocycles. The van der Waals surface area contributed by atoms with Crippen LogP contribution in [0.3, 0.4) is 0 Å². The molecule has 320 valence electrons. The lowest BCUT2D eigenvalue weighted by molar-refractivity contribution is 0.121. The van der Waals surface area contributed by atoms with Crippen LogP contribution in [0.15, 0.2) is 0 Å². The Morgan fingerprint density at radius 2 is 0.464 bits per heavy atom. The zero-order valence-electron chi connectivity index (χ0n) is 36.5. The minimum atomic E-state index is 0.385. The maximum atomic E-state index is 4.45. The van der Waals surface area contributed by atoms with Crippen LogP contribution < -0.4 is 42.5 Å². The van der Waals surface area contributed by atoms with E-state index >= 15 is 0 Å². The molecule has 5 aliphatic heterocycles. The van der Waals surface area contributed by atoms with E-state index < -0.39 is 0 Å². The van der Waals surface area contributed by atoms with Crippen LogP contribution in [0.1, 0.15) is 182 Å². The molecule has 9 aliphatic rings. The second-order valence-corrected chi connectivity index (χ2v) is 21.8. The fourth-order valence-corrected chi connectivity index (χ4v) is 15.4. The first-order valence-electron chi connectivity index (χ1n) is 25.6. The van der Waals surface area contributed by atoms with E-state index in [0.717, 1.165) is 23.7 Å². The number of rotatable bonds is 12. The number of hydrogen-bond acceptors (Lipinski definition) is 8. The van der Waals surface area contributed by atoms with Gasteiger partial charge in [0.2, 0.25) is 0 Å². The first-order valence-corrected chi connectivity index (χ1v) is 25.6. The highest BCUT2D eigenvalue weighted by atomic mass is 15.4. The molecule has 0 radical (unpaired) electrons. The molecule has 0 aromatic heterocycles. The Morgan fingerprint density at radius 1 is 0.268 bits per heavy atom. The van der Waals surface area contributed by atoms with Gasteiger partial charge in [0.15, 0.2) is 0 Å². The summed E-state index contributed by atoms with van der Waals surface area (Å²) in [7, 11) is 0. The molecule has 0 spiro atoms. The molecule has 8 nitrogen and oxygen atoms in total. The molecule has 4 saturated carbocycles. The number of nitrogens with one attached hydrogen (secondary N) is 8. The van der Waals surface area contributed by atoms with Crippen molar-refractivity contribution in [3.05, 3.63) is 0 Å². The molecule has 0 amide bonds. The Hall–Kier alpha value is -0.320. The molecule has 8 N–H and O–H groups in total. The second-order valence-electron chi connectivity index (χ2n) is 21.8. The summed E-state index contributed by atoms with van der Waals surface area (Å²) < 4.78 is 0. The van der Waals surface area contributed by atoms with Crippen LogP contribution in [0.25, 0.3) is 0 Å². The van der Waals surface area contributed by atoms with E-state index in [1.54, 1.807) is 0 Å². The van der Waals surface area contributed by atoms with Gasteiger partial charge in [0, 0.05) is 0 Å². The van der Waals surface area contributed by atoms with E-state index in [2.05, 4.69) is 70.2 Å². The Balaban J connectivity index is 1.02. The van der Waals surface area contributed by atoms with Gasteiger partial charge in [-0.15, -0.1) is 0 Å². The monoisotopic (exact) mass is 777 g/mol. The molecular formula is C48H88N8. The smallest absolute Gasteiger partial charge is 0.0628 e. The molecular weight excluding hydrogens is 689 g/mol. The standard InChI is InChI=1S/C48H88N8/c1-5-9-13-29-17-21-33-37(25-29)45-49-41(33)54-46-39-27-31(15-11-7-3)19-23-35(39)43(51-46)56-48-40-28-32(16-12-8-4)20-24-36(40)44(52-48)55-47-38-26-30(14-10-6-2)18-22-34(38)42(50-47)53-45/h29-56H,5-28H2,1-4H3. The van der Waals surface area contributed by atoms with Gasteiger partial charge in [0.05, 0.1) is 49.3 Å². The summed E-state index contributed by atoms with van der Waals surface area (Å²) in [5.74, 6) is 9.29. The van der Waals surface area contributed by atoms with Gasteiger partial charge in [0.1, 0.15) is 0 Å². The predicted molar refractivity (Wildman–Crippen MR) is 231 cm³/mol. The van der Waals surface area contributed by atoms with Crippen molar-refractivity contribution in [3.63, 3.8) is 0 Å². The predicted octanol–water partition coefficient (Wildman–Crippen LogP) is 8.27. The van der Waals surface area contributed by atoms with Crippen LogP contribution >= 0.6 is 0 Å². The molecule has 12 unspecified atom stereocenters. The number of fused-ring (bicyclic) bond motifs is 20. The Labute approximate surface area is 343 Å². The van der Waals surface area contributed by atoms with Crippen molar-refractivity contribution in [3.8, 4) is 0 Å². The quantitative estimate of drug-likeness (QED) is 0.101. The molecule has 12 atom stereocenters. The lowest BCUT2D eigenvalue weighted by Gasteiger charge is -2.39. The van der Waals surface area contributed by atoms with Crippen LogP contribution in [0.5, 0.6) is 0 Å². The zero-order chi connectivity index (χ0) is 38.2. The summed E-state index contributed by atoms with van der Waals surface area (Å²) >= 11 is 0. The number of unbranched alkanes of at least 4 members (excludes halogenated alkanes) is 4. The Bertz CT molecular complexity index is 1050. The summed E-state index contributed by atoms with van der Waals surface area (Å²) in [4.78, 5) is 0. The lowest BCUT2D eigenvalue weighted by Crippen LogP contribution is -2.61. The van der Waals surface area contributed by atoms with Crippen molar-refractivity contribution >= 4 is 0 Å². The minimum absolute atomic E-state index is 0.385. The first kappa shape index (κ1) is 41.1. The van der Waals surface area contributed by atoms with Gasteiger partial charge in [-0.1, -0.05) is 130 Å². The molecule has 56 heavy (non-hydrogen) atoms. The van der Waals surface area contributed by atoms with Gasteiger partial charge in [-0.3, -0.25) is 42.5 Å². The van der Waals surface area contributed by atoms with E-state index in [1.807, 2.05) is 0 Å². The third kappa shape index (κ3) is 8.59. The maximum absolute atomic E-state index is 4.45. The highest BCUT2D eigenvalue weighted by Crippen LogP contribution is 2.49. The van der Waals surface area contributed by atoms with Crippen LogP contribution in [0.4, 0.5) is 0 Å². The van der Waals surface area contributed by atoms with Crippen molar-refractivity contribution in [2.75, 3.05) is 0 Å². The van der Waals surface area contributed by atoms with Gasteiger partial charge in [-0.2, -0.15) is 0 Å². The van der Waals surface area contributed by atoms with Crippen molar-refractivity contribution in [1.29, 1.82) is 0 Å². The van der Waals surface area contributed by atoms with E-state index in [0.29, 0.717) is 96.7 Å². The SMILES string of the molecule is CCCCC1CCC2C3NC(NC4NC(NC5NC(NC6NC(N3)C3CC(CCCC)CCC63)C3CC(CCCC)CCC53)C3CC(CCCC)CCC43)C2C1. The summed E-state index contributed by atoms with van der Waals surface area (Å²) in [6, 6.07) is 0. The van der Waals surface area contributed by atoms with E-state index in [-0.39, 0.29) is 0 Å². The first-order chi connectivity index (χ1) is 27.5. The Morgan fingerprint density at radius 3 is 0.661 bits per heavy atom. The second kappa shape index (κ2) is 18.7. The van der Waals surface area contributed by atoms with Gasteiger partial charge in [-0.25, -0.2) is 0 Å². The highest BCUT2D eigenvalue weighted by molar-refractivity contribution is 5.09. The van der Waals surface area contributed by atoms with Gasteiger partial charge >= 0.3 is 0 Å². The van der Waals surface area contributed by atoms with Crippen molar-refractivity contribution in [2.45, 2.75) is 231 Å². The average molecular weight is 777 g/mol. The van der Waals surface area contributed by atoms with Gasteiger partial charge in [0.25, 0.3) is 0 Å². The normalized spacial score (nSPS) is 49.9. The summed E-state index contributed by atoms with van der Waals surface area (Å²) in [5.41, 5.74) is 0. The lowest BCUT2D eigenvalue weighted by atomic mass is 9.70. The van der Waals surface area contributed by atoms with Crippen LogP contribution in [0.2, 0.25) is 0 Å². The molecule has 8 bridgehead atoms. The summed E-state index contributed by atoms with van der Waals surface area (Å²) in [6.45, 7) is 9.54. The molecule has 9 fully saturated rings. The molecule has 0 aromatic carbocycles. The molecule has 5 heterocycles. The molecule has 9 rings (SSSR count). The third-order valence-electron chi connectivity index (χ3n) is 18.4. The van der Waals surface area contributed by atoms with Crippen molar-refractivity contribution in [1.82, 2.24) is 42.5 Å². The zero-order valence-corrected chi connectivity index (χ0v) is 36.5. The average Bonchev–Trinajstić information content (AvgIpc) is 3.95. The highest BCUT2D eigenvalue weighted by Gasteiger charge is 2.56.